The molecule has 0 saturated carbocycles. The van der Waals surface area contributed by atoms with Crippen molar-refractivity contribution in [2.75, 3.05) is 18.4 Å². The molecular formula is C20H25NO6SSi. The number of carbonyl (C=O) groups excluding carboxylic acids is 2. The van der Waals surface area contributed by atoms with E-state index in [1.807, 2.05) is 0 Å². The first kappa shape index (κ1) is 22.6. The molecule has 0 aliphatic carbocycles. The van der Waals surface area contributed by atoms with Crippen LogP contribution in [-0.4, -0.2) is 42.1 Å². The number of ether oxygens (including phenoxy) is 2. The Labute approximate surface area is 172 Å². The second kappa shape index (κ2) is 9.23. The quantitative estimate of drug-likeness (QED) is 0.501. The number of sulfonamides is 1. The molecule has 7 nitrogen and oxygen atoms in total. The number of rotatable bonds is 8. The summed E-state index contributed by atoms with van der Waals surface area (Å²) in [6.45, 7) is 6.82. The predicted molar refractivity (Wildman–Crippen MR) is 113 cm³/mol. The number of esters is 2. The Kier molecular flexibility index (Phi) is 7.20. The zero-order valence-electron chi connectivity index (χ0n) is 16.9. The molecule has 2 rings (SSSR count). The first-order valence-corrected chi connectivity index (χ1v) is 14.2. The molecule has 0 aromatic heterocycles. The fourth-order valence-corrected chi connectivity index (χ4v) is 4.23. The normalized spacial score (nSPS) is 11.6. The topological polar surface area (TPSA) is 98.8 Å². The number of para-hydroxylation sites is 1. The second-order valence-corrected chi connectivity index (χ2v) is 14.9. The Morgan fingerprint density at radius 2 is 1.69 bits per heavy atom. The maximum atomic E-state index is 12.8. The van der Waals surface area contributed by atoms with Gasteiger partial charge in [0.1, 0.15) is 0 Å². The Morgan fingerprint density at radius 1 is 1.00 bits per heavy atom. The van der Waals surface area contributed by atoms with E-state index in [9.17, 15) is 18.0 Å². The van der Waals surface area contributed by atoms with Crippen molar-refractivity contribution < 1.29 is 27.5 Å². The lowest BCUT2D eigenvalue weighted by Crippen LogP contribution is -2.22. The van der Waals surface area contributed by atoms with Crippen LogP contribution in [0.3, 0.4) is 0 Å². The Bertz CT molecular complexity index is 998. The minimum atomic E-state index is -4.04. The summed E-state index contributed by atoms with van der Waals surface area (Å²) >= 11 is 0. The van der Waals surface area contributed by atoms with Crippen LogP contribution in [0.25, 0.3) is 0 Å². The third-order valence-electron chi connectivity index (χ3n) is 4.04. The second-order valence-electron chi connectivity index (χ2n) is 7.62. The molecule has 1 N–H and O–H groups in total. The van der Waals surface area contributed by atoms with Crippen molar-refractivity contribution in [1.29, 1.82) is 0 Å². The number of hydrogen-bond donors (Lipinski definition) is 1. The van der Waals surface area contributed by atoms with E-state index in [1.165, 1.54) is 43.5 Å². The van der Waals surface area contributed by atoms with Crippen LogP contribution in [0, 0.1) is 0 Å². The Morgan fingerprint density at radius 3 is 2.34 bits per heavy atom. The van der Waals surface area contributed by atoms with Gasteiger partial charge in [-0.2, -0.15) is 0 Å². The summed E-state index contributed by atoms with van der Waals surface area (Å²) in [5.41, 5.74) is 0.313. The van der Waals surface area contributed by atoms with Gasteiger partial charge in [-0.3, -0.25) is 4.72 Å². The molecule has 0 fully saturated rings. The summed E-state index contributed by atoms with van der Waals surface area (Å²) in [4.78, 5) is 24.0. The van der Waals surface area contributed by atoms with Gasteiger partial charge >= 0.3 is 11.9 Å². The van der Waals surface area contributed by atoms with E-state index in [2.05, 4.69) is 29.1 Å². The molecule has 2 aromatic rings. The minimum Gasteiger partial charge on any atom is -0.465 e. The van der Waals surface area contributed by atoms with Gasteiger partial charge in [-0.05, 0) is 36.4 Å². The van der Waals surface area contributed by atoms with E-state index < -0.39 is 30.0 Å². The predicted octanol–water partition coefficient (Wildman–Crippen LogP) is 3.77. The number of hydrogen-bond acceptors (Lipinski definition) is 6. The molecule has 29 heavy (non-hydrogen) atoms. The summed E-state index contributed by atoms with van der Waals surface area (Å²) in [6.07, 6.45) is 0. The third kappa shape index (κ3) is 6.43. The smallest absolute Gasteiger partial charge is 0.339 e. The summed E-state index contributed by atoms with van der Waals surface area (Å²) < 4.78 is 37.9. The van der Waals surface area contributed by atoms with Crippen LogP contribution in [0.4, 0.5) is 5.69 Å². The van der Waals surface area contributed by atoms with Crippen molar-refractivity contribution in [2.45, 2.75) is 30.6 Å². The highest BCUT2D eigenvalue weighted by atomic mass is 32.2. The Hall–Kier alpha value is -2.65. The molecule has 0 aliphatic heterocycles. The molecule has 0 atom stereocenters. The molecule has 0 heterocycles. The van der Waals surface area contributed by atoms with E-state index in [0.717, 1.165) is 6.04 Å². The van der Waals surface area contributed by atoms with Crippen LogP contribution in [0.5, 0.6) is 0 Å². The number of anilines is 1. The fraction of sp³-hybridized carbons (Fsp3) is 0.300. The number of carbonyl (C=O) groups is 2. The molecule has 0 unspecified atom stereocenters. The minimum absolute atomic E-state index is 0.0838. The summed E-state index contributed by atoms with van der Waals surface area (Å²) in [6, 6.07) is 12.5. The highest BCUT2D eigenvalue weighted by Crippen LogP contribution is 2.22. The van der Waals surface area contributed by atoms with Crippen molar-refractivity contribution in [1.82, 2.24) is 0 Å². The maximum Gasteiger partial charge on any atom is 0.339 e. The van der Waals surface area contributed by atoms with Gasteiger partial charge in [0.25, 0.3) is 10.0 Å². The Balaban J connectivity index is 2.21. The summed E-state index contributed by atoms with van der Waals surface area (Å²) in [7, 11) is -4.17. The van der Waals surface area contributed by atoms with Crippen molar-refractivity contribution in [3.05, 3.63) is 59.7 Å². The molecule has 0 radical (unpaired) electrons. The van der Waals surface area contributed by atoms with Crippen LogP contribution >= 0.6 is 0 Å². The monoisotopic (exact) mass is 435 g/mol. The van der Waals surface area contributed by atoms with E-state index in [4.69, 9.17) is 4.74 Å². The average molecular weight is 436 g/mol. The van der Waals surface area contributed by atoms with Crippen molar-refractivity contribution in [3.8, 4) is 0 Å². The van der Waals surface area contributed by atoms with Gasteiger partial charge in [0.05, 0.1) is 35.4 Å². The lowest BCUT2D eigenvalue weighted by Gasteiger charge is -2.15. The largest absolute Gasteiger partial charge is 0.465 e. The van der Waals surface area contributed by atoms with Crippen LogP contribution in [0.15, 0.2) is 53.4 Å². The lowest BCUT2D eigenvalue weighted by molar-refractivity contribution is 0.0524. The van der Waals surface area contributed by atoms with Crippen LogP contribution in [-0.2, 0) is 19.5 Å². The van der Waals surface area contributed by atoms with E-state index in [1.54, 1.807) is 12.1 Å². The summed E-state index contributed by atoms with van der Waals surface area (Å²) in [5.74, 6) is -1.24. The fourth-order valence-electron chi connectivity index (χ4n) is 2.39. The van der Waals surface area contributed by atoms with Gasteiger partial charge in [-0.15, -0.1) is 0 Å². The first-order valence-electron chi connectivity index (χ1n) is 9.01. The molecule has 0 spiro atoms. The lowest BCUT2D eigenvalue weighted by atomic mass is 10.2. The number of methoxy groups -OCH3 is 1. The van der Waals surface area contributed by atoms with Gasteiger partial charge in [0.15, 0.2) is 0 Å². The van der Waals surface area contributed by atoms with Crippen molar-refractivity contribution in [2.24, 2.45) is 0 Å². The third-order valence-corrected chi connectivity index (χ3v) is 7.11. The molecule has 0 aliphatic rings. The van der Waals surface area contributed by atoms with Gasteiger partial charge in [-0.1, -0.05) is 37.8 Å². The molecule has 156 valence electrons. The maximum absolute atomic E-state index is 12.8. The molecule has 9 heteroatoms. The highest BCUT2D eigenvalue weighted by molar-refractivity contribution is 7.92. The van der Waals surface area contributed by atoms with Crippen LogP contribution in [0.2, 0.25) is 25.7 Å². The van der Waals surface area contributed by atoms with E-state index in [0.29, 0.717) is 6.61 Å². The average Bonchev–Trinajstić information content (AvgIpc) is 2.66. The first-order chi connectivity index (χ1) is 13.5. The molecular weight excluding hydrogens is 410 g/mol. The number of nitrogens with one attached hydrogen (secondary N) is 1. The molecule has 0 bridgehead atoms. The van der Waals surface area contributed by atoms with Gasteiger partial charge in [0, 0.05) is 8.07 Å². The van der Waals surface area contributed by atoms with Crippen LogP contribution < -0.4 is 4.72 Å². The highest BCUT2D eigenvalue weighted by Gasteiger charge is 2.21. The standard InChI is InChI=1S/C20H25NO6SSi/c1-26-20(23)17-10-5-6-11-18(17)21-28(24,25)16-9-7-8-15(14-16)19(22)27-12-13-29(2,3)4/h5-11,14,21H,12-13H2,1-4H3. The van der Waals surface area contributed by atoms with Gasteiger partial charge in [0.2, 0.25) is 0 Å². The molecule has 0 amide bonds. The van der Waals surface area contributed by atoms with Gasteiger partial charge < -0.3 is 9.47 Å². The van der Waals surface area contributed by atoms with E-state index in [-0.39, 0.29) is 21.7 Å². The van der Waals surface area contributed by atoms with Crippen molar-refractivity contribution >= 4 is 35.7 Å². The van der Waals surface area contributed by atoms with Crippen molar-refractivity contribution in [3.63, 3.8) is 0 Å². The molecule has 2 aromatic carbocycles. The SMILES string of the molecule is COC(=O)c1ccccc1NS(=O)(=O)c1cccc(C(=O)OCC[Si](C)(C)C)c1. The zero-order valence-corrected chi connectivity index (χ0v) is 18.7. The van der Waals surface area contributed by atoms with Gasteiger partial charge in [-0.25, -0.2) is 18.0 Å². The summed E-state index contributed by atoms with van der Waals surface area (Å²) in [5, 5.41) is 0. The molecule has 0 saturated heterocycles. The van der Waals surface area contributed by atoms with Crippen LogP contribution in [0.1, 0.15) is 20.7 Å². The zero-order chi connectivity index (χ0) is 21.7. The number of benzene rings is 2. The van der Waals surface area contributed by atoms with E-state index >= 15 is 0 Å².